The molecule has 1 atom stereocenters. The average molecular weight is 321 g/mol. The fourth-order valence-electron chi connectivity index (χ4n) is 3.16. The molecule has 1 fully saturated rings. The first-order valence-electron chi connectivity index (χ1n) is 8.47. The van der Waals surface area contributed by atoms with Crippen LogP contribution >= 0.6 is 0 Å². The Kier molecular flexibility index (Phi) is 5.26. The standard InChI is InChI=1S/C20H23N3O/c1-2-3-5-13-19(24)23-14-9-8-12-18(23)20-21-15-17(22-20)16-10-6-4-7-11-16/h2-7,10-11,15,18H,1,8-9,12-14H2,(H,21,22)/t18-/m1/s1. The third-order valence-corrected chi connectivity index (χ3v) is 4.37. The van der Waals surface area contributed by atoms with E-state index in [4.69, 9.17) is 4.98 Å². The van der Waals surface area contributed by atoms with Crippen molar-refractivity contribution in [1.29, 1.82) is 0 Å². The van der Waals surface area contributed by atoms with E-state index in [0.29, 0.717) is 6.42 Å². The number of hydrogen-bond acceptors (Lipinski definition) is 2. The lowest BCUT2D eigenvalue weighted by Crippen LogP contribution is -2.38. The Morgan fingerprint density at radius 3 is 2.96 bits per heavy atom. The van der Waals surface area contributed by atoms with Crippen molar-refractivity contribution in [2.75, 3.05) is 6.54 Å². The molecule has 0 unspecified atom stereocenters. The molecule has 0 saturated carbocycles. The van der Waals surface area contributed by atoms with Crippen LogP contribution in [0.1, 0.15) is 37.5 Å². The number of carbonyl (C=O) groups excluding carboxylic acids is 1. The molecule has 0 bridgehead atoms. The summed E-state index contributed by atoms with van der Waals surface area (Å²) in [6.45, 7) is 4.44. The number of nitrogens with zero attached hydrogens (tertiary/aromatic N) is 2. The second-order valence-corrected chi connectivity index (χ2v) is 6.00. The van der Waals surface area contributed by atoms with Crippen molar-refractivity contribution >= 4 is 5.91 Å². The van der Waals surface area contributed by atoms with Gasteiger partial charge in [0.05, 0.1) is 11.7 Å². The molecule has 1 aliphatic heterocycles. The van der Waals surface area contributed by atoms with Crippen molar-refractivity contribution in [1.82, 2.24) is 14.9 Å². The highest BCUT2D eigenvalue weighted by molar-refractivity contribution is 5.78. The highest BCUT2D eigenvalue weighted by atomic mass is 16.2. The number of nitrogens with one attached hydrogen (secondary N) is 1. The lowest BCUT2D eigenvalue weighted by Gasteiger charge is -2.34. The van der Waals surface area contributed by atoms with Gasteiger partial charge in [-0.1, -0.05) is 55.1 Å². The minimum absolute atomic E-state index is 0.0424. The van der Waals surface area contributed by atoms with Gasteiger partial charge in [0.15, 0.2) is 0 Å². The zero-order valence-corrected chi connectivity index (χ0v) is 13.8. The molecule has 0 aliphatic carbocycles. The predicted octanol–water partition coefficient (Wildman–Crippen LogP) is 4.26. The Morgan fingerprint density at radius 2 is 2.17 bits per heavy atom. The van der Waals surface area contributed by atoms with Crippen molar-refractivity contribution in [3.63, 3.8) is 0 Å². The number of benzene rings is 1. The third-order valence-electron chi connectivity index (χ3n) is 4.37. The minimum Gasteiger partial charge on any atom is -0.346 e. The summed E-state index contributed by atoms with van der Waals surface area (Å²) >= 11 is 0. The number of likely N-dealkylation sites (tertiary alicyclic amines) is 1. The molecule has 1 aromatic carbocycles. The Bertz CT molecular complexity index is 717. The number of hydrogen-bond donors (Lipinski definition) is 1. The van der Waals surface area contributed by atoms with Gasteiger partial charge in [-0.25, -0.2) is 4.98 Å². The van der Waals surface area contributed by atoms with Crippen molar-refractivity contribution < 1.29 is 4.79 Å². The van der Waals surface area contributed by atoms with Crippen molar-refractivity contribution in [3.8, 4) is 11.3 Å². The van der Waals surface area contributed by atoms with E-state index in [1.807, 2.05) is 53.6 Å². The Balaban J connectivity index is 1.78. The predicted molar refractivity (Wildman–Crippen MR) is 96.3 cm³/mol. The normalized spacial score (nSPS) is 18.0. The van der Waals surface area contributed by atoms with Crippen molar-refractivity contribution in [3.05, 3.63) is 67.2 Å². The first-order chi connectivity index (χ1) is 11.8. The highest BCUT2D eigenvalue weighted by Crippen LogP contribution is 2.31. The van der Waals surface area contributed by atoms with Gasteiger partial charge in [0.2, 0.25) is 5.91 Å². The van der Waals surface area contributed by atoms with Gasteiger partial charge >= 0.3 is 0 Å². The van der Waals surface area contributed by atoms with Gasteiger partial charge in [-0.15, -0.1) is 0 Å². The van der Waals surface area contributed by atoms with Crippen LogP contribution in [-0.2, 0) is 4.79 Å². The molecule has 1 saturated heterocycles. The number of imidazole rings is 1. The Morgan fingerprint density at radius 1 is 1.33 bits per heavy atom. The zero-order chi connectivity index (χ0) is 16.8. The number of carbonyl (C=O) groups is 1. The molecular formula is C20H23N3O. The zero-order valence-electron chi connectivity index (χ0n) is 13.8. The van der Waals surface area contributed by atoms with Crippen molar-refractivity contribution in [2.45, 2.75) is 31.7 Å². The topological polar surface area (TPSA) is 49.0 Å². The molecule has 0 radical (unpaired) electrons. The third kappa shape index (κ3) is 3.65. The molecule has 1 amide bonds. The van der Waals surface area contributed by atoms with E-state index in [0.717, 1.165) is 42.9 Å². The van der Waals surface area contributed by atoms with Gasteiger partial charge < -0.3 is 9.88 Å². The van der Waals surface area contributed by atoms with Gasteiger partial charge in [0, 0.05) is 24.7 Å². The summed E-state index contributed by atoms with van der Waals surface area (Å²) in [5.41, 5.74) is 2.01. The van der Waals surface area contributed by atoms with E-state index in [2.05, 4.69) is 11.6 Å². The average Bonchev–Trinajstić information content (AvgIpc) is 3.12. The van der Waals surface area contributed by atoms with Crippen LogP contribution in [0.25, 0.3) is 11.3 Å². The summed E-state index contributed by atoms with van der Waals surface area (Å²) in [5, 5.41) is 0. The fraction of sp³-hybridized carbons (Fsp3) is 0.300. The van der Waals surface area contributed by atoms with Gasteiger partial charge in [-0.05, 0) is 19.3 Å². The molecule has 2 aromatic rings. The molecule has 3 rings (SSSR count). The fourth-order valence-corrected chi connectivity index (χ4v) is 3.16. The van der Waals surface area contributed by atoms with Crippen molar-refractivity contribution in [2.24, 2.45) is 0 Å². The number of rotatable bonds is 5. The van der Waals surface area contributed by atoms with Gasteiger partial charge in [-0.2, -0.15) is 0 Å². The lowest BCUT2D eigenvalue weighted by atomic mass is 10.0. The Hall–Kier alpha value is -2.62. The van der Waals surface area contributed by atoms with E-state index in [1.165, 1.54) is 0 Å². The van der Waals surface area contributed by atoms with Crippen LogP contribution in [-0.4, -0.2) is 27.3 Å². The number of allylic oxidation sites excluding steroid dienone is 2. The second kappa shape index (κ2) is 7.77. The largest absolute Gasteiger partial charge is 0.346 e. The molecule has 2 heterocycles. The summed E-state index contributed by atoms with van der Waals surface area (Å²) in [6, 6.07) is 10.1. The smallest absolute Gasteiger partial charge is 0.227 e. The number of piperidine rings is 1. The quantitative estimate of drug-likeness (QED) is 0.836. The molecule has 1 N–H and O–H groups in total. The van der Waals surface area contributed by atoms with E-state index in [1.54, 1.807) is 6.08 Å². The van der Waals surface area contributed by atoms with Crippen LogP contribution in [0.4, 0.5) is 0 Å². The van der Waals surface area contributed by atoms with Crippen LogP contribution in [0.15, 0.2) is 61.3 Å². The molecule has 1 aliphatic rings. The molecule has 124 valence electrons. The number of amides is 1. The van der Waals surface area contributed by atoms with Gasteiger partial charge in [0.25, 0.3) is 0 Å². The highest BCUT2D eigenvalue weighted by Gasteiger charge is 2.29. The monoisotopic (exact) mass is 321 g/mol. The summed E-state index contributed by atoms with van der Waals surface area (Å²) in [7, 11) is 0. The molecule has 0 spiro atoms. The minimum atomic E-state index is 0.0424. The summed E-state index contributed by atoms with van der Waals surface area (Å²) in [5.74, 6) is 1.03. The maximum absolute atomic E-state index is 12.5. The summed E-state index contributed by atoms with van der Waals surface area (Å²) in [6.07, 6.45) is 10.8. The van der Waals surface area contributed by atoms with Crippen LogP contribution in [0, 0.1) is 0 Å². The van der Waals surface area contributed by atoms with E-state index in [9.17, 15) is 4.79 Å². The van der Waals surface area contributed by atoms with Crippen LogP contribution in [0.2, 0.25) is 0 Å². The maximum Gasteiger partial charge on any atom is 0.227 e. The Labute approximate surface area is 142 Å². The lowest BCUT2D eigenvalue weighted by molar-refractivity contribution is -0.134. The van der Waals surface area contributed by atoms with E-state index >= 15 is 0 Å². The number of H-pyrrole nitrogens is 1. The molecular weight excluding hydrogens is 298 g/mol. The first kappa shape index (κ1) is 16.2. The number of aromatic nitrogens is 2. The number of aromatic amines is 1. The van der Waals surface area contributed by atoms with E-state index < -0.39 is 0 Å². The van der Waals surface area contributed by atoms with Crippen LogP contribution in [0.5, 0.6) is 0 Å². The molecule has 24 heavy (non-hydrogen) atoms. The second-order valence-electron chi connectivity index (χ2n) is 6.00. The van der Waals surface area contributed by atoms with Crippen LogP contribution < -0.4 is 0 Å². The maximum atomic E-state index is 12.5. The van der Waals surface area contributed by atoms with Crippen LogP contribution in [0.3, 0.4) is 0 Å². The first-order valence-corrected chi connectivity index (χ1v) is 8.47. The SMILES string of the molecule is C=CC=CCC(=O)N1CCCC[C@@H]1c1nc(-c2ccccc2)c[nH]1. The molecule has 4 nitrogen and oxygen atoms in total. The van der Waals surface area contributed by atoms with Gasteiger partial charge in [0.1, 0.15) is 5.82 Å². The van der Waals surface area contributed by atoms with E-state index in [-0.39, 0.29) is 11.9 Å². The summed E-state index contributed by atoms with van der Waals surface area (Å²) in [4.78, 5) is 22.5. The summed E-state index contributed by atoms with van der Waals surface area (Å²) < 4.78 is 0. The molecule has 1 aromatic heterocycles. The molecule has 4 heteroatoms. The van der Waals surface area contributed by atoms with Gasteiger partial charge in [-0.3, -0.25) is 4.79 Å².